The lowest BCUT2D eigenvalue weighted by molar-refractivity contribution is 0.0697. The molecule has 0 radical (unpaired) electrons. The number of aryl methyl sites for hydroxylation is 1. The molecule has 1 unspecified atom stereocenters. The Morgan fingerprint density at radius 1 is 1.12 bits per heavy atom. The second kappa shape index (κ2) is 6.60. The highest BCUT2D eigenvalue weighted by atomic mass is 79.9. The van der Waals surface area contributed by atoms with Crippen LogP contribution in [0.5, 0.6) is 0 Å². The number of rotatable bonds is 2. The first-order valence-corrected chi connectivity index (χ1v) is 10.1. The van der Waals surface area contributed by atoms with Crippen molar-refractivity contribution < 1.29 is 14.7 Å². The molecule has 4 nitrogen and oxygen atoms in total. The number of aromatic carboxylic acids is 1. The molecule has 0 bridgehead atoms. The predicted octanol–water partition coefficient (Wildman–Crippen LogP) is 5.13. The summed E-state index contributed by atoms with van der Waals surface area (Å²) in [5.74, 6) is -0.356. The molecule has 4 rings (SSSR count). The van der Waals surface area contributed by atoms with Gasteiger partial charge in [0.2, 0.25) is 0 Å². The number of aromatic nitrogens is 1. The molecular formula is C20H22BrNO3. The van der Waals surface area contributed by atoms with Crippen LogP contribution >= 0.6 is 15.9 Å². The second-order valence-corrected chi connectivity index (χ2v) is 8.37. The molecule has 1 aliphatic carbocycles. The van der Waals surface area contributed by atoms with Crippen molar-refractivity contribution in [2.24, 2.45) is 0 Å². The molecule has 1 fully saturated rings. The minimum atomic E-state index is -0.921. The van der Waals surface area contributed by atoms with Crippen LogP contribution in [0.2, 0.25) is 0 Å². The number of carbonyl (C=O) groups is 2. The van der Waals surface area contributed by atoms with Crippen LogP contribution in [-0.4, -0.2) is 26.3 Å². The van der Waals surface area contributed by atoms with Gasteiger partial charge >= 0.3 is 5.97 Å². The highest BCUT2D eigenvalue weighted by molar-refractivity contribution is 9.10. The summed E-state index contributed by atoms with van der Waals surface area (Å²) in [6.07, 6.45) is 7.65. The maximum Gasteiger partial charge on any atom is 0.335 e. The van der Waals surface area contributed by atoms with Gasteiger partial charge in [0.25, 0.3) is 0 Å². The summed E-state index contributed by atoms with van der Waals surface area (Å²) in [4.78, 5) is 24.4. The zero-order chi connectivity index (χ0) is 17.6. The number of nitrogens with zero attached hydrogens (tertiary/aromatic N) is 1. The molecule has 2 aliphatic rings. The smallest absolute Gasteiger partial charge is 0.335 e. The van der Waals surface area contributed by atoms with E-state index < -0.39 is 5.97 Å². The third-order valence-electron chi connectivity index (χ3n) is 5.72. The molecule has 1 saturated carbocycles. The Labute approximate surface area is 155 Å². The van der Waals surface area contributed by atoms with E-state index in [9.17, 15) is 14.7 Å². The Morgan fingerprint density at radius 3 is 2.60 bits per heavy atom. The Hall–Kier alpha value is -1.62. The van der Waals surface area contributed by atoms with Crippen molar-refractivity contribution in [3.63, 3.8) is 0 Å². The van der Waals surface area contributed by atoms with Crippen LogP contribution in [0.25, 0.3) is 10.9 Å². The van der Waals surface area contributed by atoms with Gasteiger partial charge in [0.05, 0.1) is 16.1 Å². The molecule has 0 amide bonds. The van der Waals surface area contributed by atoms with Crippen LogP contribution in [0.3, 0.4) is 0 Å². The first-order valence-electron chi connectivity index (χ1n) is 9.15. The summed E-state index contributed by atoms with van der Waals surface area (Å²) in [7, 11) is 0. The number of benzene rings is 1. The predicted molar refractivity (Wildman–Crippen MR) is 101 cm³/mol. The van der Waals surface area contributed by atoms with Crippen molar-refractivity contribution in [3.05, 3.63) is 35.0 Å². The molecule has 0 spiro atoms. The van der Waals surface area contributed by atoms with Gasteiger partial charge in [0.15, 0.2) is 5.78 Å². The number of ketones is 1. The molecule has 5 heteroatoms. The van der Waals surface area contributed by atoms with Gasteiger partial charge in [0.1, 0.15) is 0 Å². The lowest BCUT2D eigenvalue weighted by Crippen LogP contribution is -2.18. The average molecular weight is 404 g/mol. The van der Waals surface area contributed by atoms with Gasteiger partial charge in [-0.15, -0.1) is 0 Å². The molecule has 0 saturated heterocycles. The minimum absolute atomic E-state index is 0.139. The van der Waals surface area contributed by atoms with E-state index in [1.807, 2.05) is 6.07 Å². The topological polar surface area (TPSA) is 59.3 Å². The van der Waals surface area contributed by atoms with Crippen molar-refractivity contribution >= 4 is 38.6 Å². The summed E-state index contributed by atoms with van der Waals surface area (Å²) in [6.45, 7) is 0.773. The first-order chi connectivity index (χ1) is 12.1. The molecule has 1 N–H and O–H groups in total. The van der Waals surface area contributed by atoms with Crippen molar-refractivity contribution in [2.45, 2.75) is 62.2 Å². The van der Waals surface area contributed by atoms with E-state index in [2.05, 4.69) is 20.5 Å². The lowest BCUT2D eigenvalue weighted by Gasteiger charge is -2.23. The maximum absolute atomic E-state index is 13.1. The summed E-state index contributed by atoms with van der Waals surface area (Å²) in [5, 5.41) is 10.4. The number of fused-ring (bicyclic) bond motifs is 3. The Balaban J connectivity index is 1.99. The standard InChI is InChI=1S/C20H22BrNO3/c21-15-7-4-10-22-16-11-13(20(24)25)8-9-14(16)17(18(22)19(15)23)12-5-2-1-3-6-12/h8-9,11-12,15H,1-7,10H2,(H,24,25). The Bertz CT molecular complexity index is 848. The Morgan fingerprint density at radius 2 is 1.88 bits per heavy atom. The molecule has 2 heterocycles. The number of hydrogen-bond donors (Lipinski definition) is 1. The lowest BCUT2D eigenvalue weighted by atomic mass is 9.82. The van der Waals surface area contributed by atoms with Crippen LogP contribution in [0.4, 0.5) is 0 Å². The van der Waals surface area contributed by atoms with Gasteiger partial charge in [-0.3, -0.25) is 4.79 Å². The van der Waals surface area contributed by atoms with Crippen LogP contribution in [-0.2, 0) is 6.54 Å². The number of carbonyl (C=O) groups excluding carboxylic acids is 1. The molecule has 1 aromatic carbocycles. The summed E-state index contributed by atoms with van der Waals surface area (Å²) in [6, 6.07) is 5.34. The number of carboxylic acids is 1. The largest absolute Gasteiger partial charge is 0.478 e. The van der Waals surface area contributed by atoms with E-state index in [-0.39, 0.29) is 16.2 Å². The third-order valence-corrected chi connectivity index (χ3v) is 6.59. The van der Waals surface area contributed by atoms with E-state index in [4.69, 9.17) is 0 Å². The SMILES string of the molecule is O=C(O)c1ccc2c(C3CCCCC3)c3n(c2c1)CCCC(Br)C3=O. The van der Waals surface area contributed by atoms with Crippen LogP contribution in [0, 0.1) is 0 Å². The van der Waals surface area contributed by atoms with Crippen molar-refractivity contribution in [2.75, 3.05) is 0 Å². The molecule has 1 aliphatic heterocycles. The minimum Gasteiger partial charge on any atom is -0.478 e. The molecule has 1 aromatic heterocycles. The molecule has 132 valence electrons. The van der Waals surface area contributed by atoms with E-state index in [0.717, 1.165) is 48.8 Å². The zero-order valence-electron chi connectivity index (χ0n) is 14.1. The number of halogens is 1. The zero-order valence-corrected chi connectivity index (χ0v) is 15.7. The second-order valence-electron chi connectivity index (χ2n) is 7.26. The highest BCUT2D eigenvalue weighted by Crippen LogP contribution is 2.42. The summed E-state index contributed by atoms with van der Waals surface area (Å²) in [5.41, 5.74) is 3.19. The molecule has 1 atom stereocenters. The Kier molecular flexibility index (Phi) is 4.44. The van der Waals surface area contributed by atoms with E-state index in [0.29, 0.717) is 5.92 Å². The fourth-order valence-electron chi connectivity index (χ4n) is 4.52. The van der Waals surface area contributed by atoms with E-state index >= 15 is 0 Å². The van der Waals surface area contributed by atoms with Crippen molar-refractivity contribution in [1.29, 1.82) is 0 Å². The van der Waals surface area contributed by atoms with E-state index in [1.165, 1.54) is 24.8 Å². The van der Waals surface area contributed by atoms with Gasteiger partial charge in [-0.2, -0.15) is 0 Å². The molecule has 25 heavy (non-hydrogen) atoms. The van der Waals surface area contributed by atoms with Crippen LogP contribution < -0.4 is 0 Å². The number of hydrogen-bond acceptors (Lipinski definition) is 2. The van der Waals surface area contributed by atoms with Gasteiger partial charge in [-0.05, 0) is 49.3 Å². The number of carboxylic acid groups (broad SMARTS) is 1. The fraction of sp³-hybridized carbons (Fsp3) is 0.500. The normalized spacial score (nSPS) is 22.0. The third kappa shape index (κ3) is 2.82. The van der Waals surface area contributed by atoms with Gasteiger partial charge in [-0.1, -0.05) is 41.3 Å². The monoisotopic (exact) mass is 403 g/mol. The first kappa shape index (κ1) is 16.8. The average Bonchev–Trinajstić information content (AvgIpc) is 2.87. The van der Waals surface area contributed by atoms with Crippen molar-refractivity contribution in [1.82, 2.24) is 4.57 Å². The van der Waals surface area contributed by atoms with Crippen LogP contribution in [0.1, 0.15) is 77.3 Å². The molecule has 2 aromatic rings. The summed E-state index contributed by atoms with van der Waals surface area (Å²) >= 11 is 3.57. The molecular weight excluding hydrogens is 382 g/mol. The number of alkyl halides is 1. The quantitative estimate of drug-likeness (QED) is 0.707. The van der Waals surface area contributed by atoms with Crippen molar-refractivity contribution in [3.8, 4) is 0 Å². The van der Waals surface area contributed by atoms with Gasteiger partial charge in [0, 0.05) is 17.4 Å². The van der Waals surface area contributed by atoms with Crippen LogP contribution in [0.15, 0.2) is 18.2 Å². The number of Topliss-reactive ketones (excluding diaryl/α,β-unsaturated/α-hetero) is 1. The van der Waals surface area contributed by atoms with E-state index in [1.54, 1.807) is 12.1 Å². The van der Waals surface area contributed by atoms with Gasteiger partial charge < -0.3 is 9.67 Å². The van der Waals surface area contributed by atoms with Gasteiger partial charge in [-0.25, -0.2) is 4.79 Å². The fourth-order valence-corrected chi connectivity index (χ4v) is 5.06. The maximum atomic E-state index is 13.1. The summed E-state index contributed by atoms with van der Waals surface area (Å²) < 4.78 is 2.09. The highest BCUT2D eigenvalue weighted by Gasteiger charge is 2.33.